The number of piperazine rings is 1. The number of aryl methyl sites for hydroxylation is 1. The number of nitrogens with one attached hydrogen (secondary N) is 1. The van der Waals surface area contributed by atoms with Crippen molar-refractivity contribution in [2.45, 2.75) is 55.9 Å². The fourth-order valence-corrected chi connectivity index (χ4v) is 9.47. The van der Waals surface area contributed by atoms with E-state index in [0.717, 1.165) is 78.8 Å². The van der Waals surface area contributed by atoms with Gasteiger partial charge in [-0.05, 0) is 49.9 Å². The second-order valence-corrected chi connectivity index (χ2v) is 14.4. The Hall–Kier alpha value is -4.12. The van der Waals surface area contributed by atoms with E-state index in [9.17, 15) is 9.65 Å². The van der Waals surface area contributed by atoms with Crippen molar-refractivity contribution in [1.82, 2.24) is 30.0 Å². The van der Waals surface area contributed by atoms with Gasteiger partial charge in [0.2, 0.25) is 0 Å². The Morgan fingerprint density at radius 3 is 2.80 bits per heavy atom. The second-order valence-electron chi connectivity index (χ2n) is 13.4. The molecule has 7 heterocycles. The molecule has 46 heavy (non-hydrogen) atoms. The van der Waals surface area contributed by atoms with Crippen LogP contribution in [0.2, 0.25) is 0 Å². The van der Waals surface area contributed by atoms with Crippen LogP contribution in [0.3, 0.4) is 0 Å². The molecule has 10 nitrogen and oxygen atoms in total. The highest BCUT2D eigenvalue weighted by molar-refractivity contribution is 7.23. The van der Waals surface area contributed by atoms with Crippen LogP contribution in [-0.2, 0) is 7.05 Å². The molecule has 3 aromatic heterocycles. The Bertz CT molecular complexity index is 2090. The minimum Gasteiger partial charge on any atom is -0.461 e. The first-order valence-electron chi connectivity index (χ1n) is 15.9. The van der Waals surface area contributed by atoms with Gasteiger partial charge in [-0.15, -0.1) is 11.3 Å². The highest BCUT2D eigenvalue weighted by Gasteiger charge is 2.49. The Morgan fingerprint density at radius 1 is 1.17 bits per heavy atom. The number of thiophene rings is 1. The number of nitrogen functional groups attached to an aromatic ring is 1. The van der Waals surface area contributed by atoms with Gasteiger partial charge in [-0.1, -0.05) is 6.07 Å². The summed E-state index contributed by atoms with van der Waals surface area (Å²) in [6.07, 6.45) is 5.72. The molecular formula is C33H33F2N9OS. The zero-order chi connectivity index (χ0) is 31.3. The molecule has 0 unspecified atom stereocenters. The minimum atomic E-state index is -0.855. The maximum Gasteiger partial charge on any atom is 0.319 e. The van der Waals surface area contributed by atoms with Crippen LogP contribution in [-0.4, -0.2) is 81.2 Å². The zero-order valence-electron chi connectivity index (χ0n) is 25.4. The van der Waals surface area contributed by atoms with Crippen LogP contribution < -0.4 is 20.7 Å². The molecule has 4 saturated heterocycles. The number of rotatable bonds is 5. The number of nitrogens with zero attached hydrogens (tertiary/aromatic N) is 7. The lowest BCUT2D eigenvalue weighted by Gasteiger charge is -2.34. The van der Waals surface area contributed by atoms with Crippen molar-refractivity contribution in [2.24, 2.45) is 7.05 Å². The van der Waals surface area contributed by atoms with Gasteiger partial charge in [-0.3, -0.25) is 9.58 Å². The highest BCUT2D eigenvalue weighted by atomic mass is 32.1. The number of ether oxygens (including phenoxy) is 1. The molecule has 0 aliphatic carbocycles. The Labute approximate surface area is 267 Å². The van der Waals surface area contributed by atoms with Crippen LogP contribution in [0.15, 0.2) is 24.4 Å². The number of halogens is 2. The van der Waals surface area contributed by atoms with E-state index < -0.39 is 12.0 Å². The van der Waals surface area contributed by atoms with Gasteiger partial charge in [-0.2, -0.15) is 20.3 Å². The van der Waals surface area contributed by atoms with Crippen LogP contribution in [0.5, 0.6) is 6.01 Å². The molecule has 2 bridgehead atoms. The van der Waals surface area contributed by atoms with E-state index >= 15 is 4.39 Å². The van der Waals surface area contributed by atoms with Gasteiger partial charge >= 0.3 is 6.01 Å². The van der Waals surface area contributed by atoms with E-state index in [-0.39, 0.29) is 22.1 Å². The average molecular weight is 642 g/mol. The topological polar surface area (TPSA) is 121 Å². The number of aromatic nitrogens is 4. The van der Waals surface area contributed by atoms with Crippen LogP contribution in [0.25, 0.3) is 43.0 Å². The van der Waals surface area contributed by atoms with Gasteiger partial charge < -0.3 is 20.7 Å². The summed E-state index contributed by atoms with van der Waals surface area (Å²) in [6, 6.07) is 8.26. The molecular weight excluding hydrogens is 608 g/mol. The van der Waals surface area contributed by atoms with Crippen molar-refractivity contribution < 1.29 is 13.5 Å². The van der Waals surface area contributed by atoms with E-state index in [4.69, 9.17) is 25.5 Å². The van der Waals surface area contributed by atoms with Gasteiger partial charge in [0, 0.05) is 67.7 Å². The maximum absolute atomic E-state index is 15.0. The number of anilines is 2. The van der Waals surface area contributed by atoms with Gasteiger partial charge in [-0.25, -0.2) is 8.78 Å². The predicted molar refractivity (Wildman–Crippen MR) is 174 cm³/mol. The quantitative estimate of drug-likeness (QED) is 0.276. The summed E-state index contributed by atoms with van der Waals surface area (Å²) < 4.78 is 38.1. The number of nitriles is 1. The summed E-state index contributed by atoms with van der Waals surface area (Å²) >= 11 is 1.07. The first kappa shape index (κ1) is 28.1. The fraction of sp³-hybridized carbons (Fsp3) is 0.455. The molecule has 4 fully saturated rings. The largest absolute Gasteiger partial charge is 0.461 e. The van der Waals surface area contributed by atoms with E-state index in [1.54, 1.807) is 10.7 Å². The summed E-state index contributed by atoms with van der Waals surface area (Å²) in [5.74, 6) is 0.367. The Kier molecular flexibility index (Phi) is 6.23. The lowest BCUT2D eigenvalue weighted by atomic mass is 9.95. The monoisotopic (exact) mass is 641 g/mol. The van der Waals surface area contributed by atoms with Crippen LogP contribution in [0, 0.1) is 17.1 Å². The number of fused-ring (bicyclic) bond motifs is 7. The lowest BCUT2D eigenvalue weighted by molar-refractivity contribution is 0.107. The molecule has 9 rings (SSSR count). The summed E-state index contributed by atoms with van der Waals surface area (Å²) in [7, 11) is 1.87. The molecule has 4 aliphatic rings. The van der Waals surface area contributed by atoms with E-state index in [1.807, 2.05) is 19.3 Å². The van der Waals surface area contributed by atoms with Crippen molar-refractivity contribution in [2.75, 3.05) is 43.4 Å². The summed E-state index contributed by atoms with van der Waals surface area (Å²) in [4.78, 5) is 14.6. The fourth-order valence-electron chi connectivity index (χ4n) is 8.52. The van der Waals surface area contributed by atoms with E-state index in [0.29, 0.717) is 58.3 Å². The third kappa shape index (κ3) is 4.19. The summed E-state index contributed by atoms with van der Waals surface area (Å²) in [5.41, 5.74) is 8.87. The maximum atomic E-state index is 15.0. The number of hydrogen-bond acceptors (Lipinski definition) is 10. The van der Waals surface area contributed by atoms with Gasteiger partial charge in [0.05, 0.1) is 26.7 Å². The molecule has 2 aromatic carbocycles. The molecule has 13 heteroatoms. The molecule has 0 amide bonds. The summed E-state index contributed by atoms with van der Waals surface area (Å²) in [5, 5.41) is 21.1. The lowest BCUT2D eigenvalue weighted by Crippen LogP contribution is -2.51. The van der Waals surface area contributed by atoms with Crippen LogP contribution in [0.1, 0.15) is 37.7 Å². The van der Waals surface area contributed by atoms with Crippen LogP contribution >= 0.6 is 11.3 Å². The zero-order valence-corrected chi connectivity index (χ0v) is 26.2. The van der Waals surface area contributed by atoms with Crippen molar-refractivity contribution in [1.29, 1.82) is 5.26 Å². The molecule has 4 aliphatic heterocycles. The van der Waals surface area contributed by atoms with Crippen molar-refractivity contribution >= 4 is 54.0 Å². The summed E-state index contributed by atoms with van der Waals surface area (Å²) in [6.45, 7) is 3.27. The van der Waals surface area contributed by atoms with E-state index in [1.165, 1.54) is 6.07 Å². The number of alkyl halides is 1. The van der Waals surface area contributed by atoms with Gasteiger partial charge in [0.1, 0.15) is 41.0 Å². The number of nitrogens with two attached hydrogens (primary N) is 1. The van der Waals surface area contributed by atoms with E-state index in [2.05, 4.69) is 21.2 Å². The highest BCUT2D eigenvalue weighted by Crippen LogP contribution is 2.46. The SMILES string of the molecule is Cn1cc2c(n1)c(-c1ccc(F)c3sc(N)c(C#N)c13)cc1nc(OC[C@@]34CCCN3C[C@H](F)C4)nc(N3C[C@H]4CC[C@@H](C3)N4)c12. The second kappa shape index (κ2) is 10.2. The predicted octanol–water partition coefficient (Wildman–Crippen LogP) is 4.89. The smallest absolute Gasteiger partial charge is 0.319 e. The average Bonchev–Trinajstić information content (AvgIpc) is 3.83. The normalized spacial score (nSPS) is 26.0. The molecule has 0 saturated carbocycles. The van der Waals surface area contributed by atoms with Crippen LogP contribution in [0.4, 0.5) is 19.6 Å². The Balaban J connectivity index is 1.25. The third-order valence-corrected chi connectivity index (χ3v) is 11.5. The molecule has 236 valence electrons. The Morgan fingerprint density at radius 2 is 2.00 bits per heavy atom. The molecule has 0 spiro atoms. The van der Waals surface area contributed by atoms with Gasteiger partial charge in [0.25, 0.3) is 0 Å². The molecule has 3 N–H and O–H groups in total. The first-order chi connectivity index (χ1) is 22.3. The number of hydrogen-bond donors (Lipinski definition) is 2. The molecule has 0 radical (unpaired) electrons. The first-order valence-corrected chi connectivity index (χ1v) is 16.7. The standard InChI is InChI=1S/C33H33F2N9OS/c1-42-15-23-27-25(9-21(28(23)41-42)20-5-6-24(35)29-26(20)22(11-36)30(37)46-29)39-32(40-31(27)43-13-18-3-4-19(14-43)38-18)45-16-33-7-2-8-44(33)12-17(34)10-33/h5-6,9,15,17-19,38H,2-4,7-8,10,12-14,16,37H2,1H3/t17-,18-,19+,33+/m1/s1. The minimum absolute atomic E-state index is 0.255. The third-order valence-electron chi connectivity index (χ3n) is 10.5. The molecule has 4 atom stereocenters. The van der Waals surface area contributed by atoms with Crippen molar-refractivity contribution in [3.8, 4) is 23.2 Å². The van der Waals surface area contributed by atoms with Crippen molar-refractivity contribution in [3.05, 3.63) is 35.8 Å². The molecule has 5 aromatic rings. The number of benzene rings is 2. The van der Waals surface area contributed by atoms with Crippen molar-refractivity contribution in [3.63, 3.8) is 0 Å². The van der Waals surface area contributed by atoms with Gasteiger partial charge in [0.15, 0.2) is 0 Å².